The number of aryl methyl sites for hydroxylation is 2. The van der Waals surface area contributed by atoms with E-state index in [1.165, 1.54) is 5.56 Å². The number of benzene rings is 2. The smallest absolute Gasteiger partial charge is 0.329 e. The summed E-state index contributed by atoms with van der Waals surface area (Å²) in [5.41, 5.74) is 4.97. The normalized spacial score (nSPS) is 18.0. The molecule has 0 radical (unpaired) electrons. The summed E-state index contributed by atoms with van der Waals surface area (Å²) in [6, 6.07) is 18.3. The molecule has 1 fully saturated rings. The van der Waals surface area contributed by atoms with E-state index in [-0.39, 0.29) is 17.8 Å². The van der Waals surface area contributed by atoms with E-state index in [0.29, 0.717) is 12.4 Å². The monoisotopic (exact) mass is 472 g/mol. The lowest BCUT2D eigenvalue weighted by molar-refractivity contribution is 0.00845. The molecule has 1 N–H and O–H groups in total. The highest BCUT2D eigenvalue weighted by molar-refractivity contribution is 5.79. The third-order valence-electron chi connectivity index (χ3n) is 7.01. The largest absolute Gasteiger partial charge is 0.497 e. The number of hydrogen-bond acceptors (Lipinski definition) is 5. The highest BCUT2D eigenvalue weighted by Gasteiger charge is 2.26. The second kappa shape index (κ2) is 9.96. The van der Waals surface area contributed by atoms with Gasteiger partial charge in [0.25, 0.3) is 0 Å². The lowest BCUT2D eigenvalue weighted by Crippen LogP contribution is -2.30. The number of imidazole rings is 1. The first-order valence-electron chi connectivity index (χ1n) is 12.2. The molecule has 2 aromatic carbocycles. The lowest BCUT2D eigenvalue weighted by atomic mass is 9.92. The molecule has 0 atom stereocenters. The Balaban J connectivity index is 1.33. The first-order valence-corrected chi connectivity index (χ1v) is 12.2. The highest BCUT2D eigenvalue weighted by atomic mass is 16.5. The number of nitrogens with one attached hydrogen (secondary N) is 1. The van der Waals surface area contributed by atoms with Crippen LogP contribution in [0.1, 0.15) is 42.9 Å². The van der Waals surface area contributed by atoms with Gasteiger partial charge in [0.1, 0.15) is 11.6 Å². The van der Waals surface area contributed by atoms with E-state index in [9.17, 15) is 4.79 Å². The average Bonchev–Trinajstić information content (AvgIpc) is 3.14. The predicted octanol–water partition coefficient (Wildman–Crippen LogP) is 5.50. The number of pyridine rings is 1. The minimum absolute atomic E-state index is 0.00762. The SMILES string of the molecule is COc1ccc(Nc2cc3c(cn2)n(C)c(=O)n3C2CCC(OCc3ccccc3)CC2)c(C)c1. The van der Waals surface area contributed by atoms with Crippen molar-refractivity contribution in [2.24, 2.45) is 7.05 Å². The highest BCUT2D eigenvalue weighted by Crippen LogP contribution is 2.33. The van der Waals surface area contributed by atoms with Gasteiger partial charge in [-0.2, -0.15) is 0 Å². The molecule has 5 rings (SSSR count). The van der Waals surface area contributed by atoms with E-state index in [1.807, 2.05) is 61.0 Å². The molecule has 2 heterocycles. The molecule has 182 valence electrons. The van der Waals surface area contributed by atoms with Crippen LogP contribution in [0.15, 0.2) is 65.6 Å². The fourth-order valence-electron chi connectivity index (χ4n) is 4.98. The fourth-order valence-corrected chi connectivity index (χ4v) is 4.98. The van der Waals surface area contributed by atoms with Gasteiger partial charge in [-0.15, -0.1) is 0 Å². The van der Waals surface area contributed by atoms with Gasteiger partial charge in [0.05, 0.1) is 37.1 Å². The molecule has 1 aliphatic carbocycles. The maximum Gasteiger partial charge on any atom is 0.329 e. The van der Waals surface area contributed by atoms with Gasteiger partial charge in [0.2, 0.25) is 0 Å². The molecule has 1 aliphatic rings. The predicted molar refractivity (Wildman–Crippen MR) is 139 cm³/mol. The van der Waals surface area contributed by atoms with Crippen LogP contribution in [0.5, 0.6) is 5.75 Å². The summed E-state index contributed by atoms with van der Waals surface area (Å²) in [7, 11) is 3.48. The van der Waals surface area contributed by atoms with Crippen molar-refractivity contribution in [3.63, 3.8) is 0 Å². The van der Waals surface area contributed by atoms with Gasteiger partial charge in [0, 0.05) is 24.8 Å². The zero-order chi connectivity index (χ0) is 24.4. The van der Waals surface area contributed by atoms with Crippen molar-refractivity contribution >= 4 is 22.5 Å². The third kappa shape index (κ3) is 4.82. The van der Waals surface area contributed by atoms with Crippen LogP contribution in [0.2, 0.25) is 0 Å². The van der Waals surface area contributed by atoms with Crippen molar-refractivity contribution in [2.45, 2.75) is 51.4 Å². The molecule has 0 spiro atoms. The number of anilines is 2. The fraction of sp³-hybridized carbons (Fsp3) is 0.357. The summed E-state index contributed by atoms with van der Waals surface area (Å²) in [5, 5.41) is 3.40. The van der Waals surface area contributed by atoms with Gasteiger partial charge in [-0.1, -0.05) is 30.3 Å². The van der Waals surface area contributed by atoms with Crippen LogP contribution in [0.3, 0.4) is 0 Å². The Morgan fingerprint density at radius 2 is 1.80 bits per heavy atom. The Labute approximate surface area is 205 Å². The quantitative estimate of drug-likeness (QED) is 0.385. The van der Waals surface area contributed by atoms with Gasteiger partial charge < -0.3 is 14.8 Å². The number of fused-ring (bicyclic) bond motifs is 1. The van der Waals surface area contributed by atoms with E-state index in [2.05, 4.69) is 22.4 Å². The van der Waals surface area contributed by atoms with Crippen molar-refractivity contribution in [2.75, 3.05) is 12.4 Å². The van der Waals surface area contributed by atoms with E-state index < -0.39 is 0 Å². The maximum atomic E-state index is 13.2. The molecule has 7 nitrogen and oxygen atoms in total. The van der Waals surface area contributed by atoms with Crippen LogP contribution in [0.25, 0.3) is 11.0 Å². The molecule has 0 amide bonds. The van der Waals surface area contributed by atoms with Crippen LogP contribution in [-0.4, -0.2) is 27.3 Å². The molecule has 0 unspecified atom stereocenters. The number of aromatic nitrogens is 3. The number of rotatable bonds is 7. The molecule has 35 heavy (non-hydrogen) atoms. The Morgan fingerprint density at radius 3 is 2.51 bits per heavy atom. The molecule has 4 aromatic rings. The van der Waals surface area contributed by atoms with Crippen LogP contribution in [-0.2, 0) is 18.4 Å². The zero-order valence-electron chi connectivity index (χ0n) is 20.5. The molecule has 0 saturated heterocycles. The minimum Gasteiger partial charge on any atom is -0.497 e. The van der Waals surface area contributed by atoms with Crippen LogP contribution >= 0.6 is 0 Å². The van der Waals surface area contributed by atoms with E-state index in [1.54, 1.807) is 17.9 Å². The zero-order valence-corrected chi connectivity index (χ0v) is 20.5. The summed E-state index contributed by atoms with van der Waals surface area (Å²) in [4.78, 5) is 17.8. The Bertz CT molecular complexity index is 1370. The average molecular weight is 473 g/mol. The molecular formula is C28H32N4O3. The van der Waals surface area contributed by atoms with Gasteiger partial charge in [-0.3, -0.25) is 9.13 Å². The lowest BCUT2D eigenvalue weighted by Gasteiger charge is -2.29. The second-order valence-corrected chi connectivity index (χ2v) is 9.30. The number of hydrogen-bond donors (Lipinski definition) is 1. The standard InChI is InChI=1S/C28H32N4O3/c1-19-15-23(34-3)13-14-24(19)30-27-16-25-26(17-29-27)31(2)28(33)32(25)21-9-11-22(12-10-21)35-18-20-7-5-4-6-8-20/h4-8,13-17,21-22H,9-12,18H2,1-3H3,(H,29,30). The van der Waals surface area contributed by atoms with Crippen molar-refractivity contribution in [1.29, 1.82) is 0 Å². The number of ether oxygens (including phenoxy) is 2. The van der Waals surface area contributed by atoms with Gasteiger partial charge in [-0.25, -0.2) is 9.78 Å². The summed E-state index contributed by atoms with van der Waals surface area (Å²) < 4.78 is 15.1. The minimum atomic E-state index is 0.00762. The van der Waals surface area contributed by atoms with Gasteiger partial charge in [0.15, 0.2) is 0 Å². The van der Waals surface area contributed by atoms with Crippen molar-refractivity contribution < 1.29 is 9.47 Å². The first kappa shape index (κ1) is 23.2. The number of methoxy groups -OCH3 is 1. The van der Waals surface area contributed by atoms with Crippen LogP contribution < -0.4 is 15.7 Å². The maximum absolute atomic E-state index is 13.2. The topological polar surface area (TPSA) is 70.3 Å². The first-order chi connectivity index (χ1) is 17.0. The summed E-state index contributed by atoms with van der Waals surface area (Å²) in [6.07, 6.45) is 5.74. The van der Waals surface area contributed by atoms with E-state index in [4.69, 9.17) is 9.47 Å². The van der Waals surface area contributed by atoms with Crippen molar-refractivity contribution in [1.82, 2.24) is 14.1 Å². The molecule has 0 bridgehead atoms. The molecule has 2 aromatic heterocycles. The van der Waals surface area contributed by atoms with Crippen LogP contribution in [0, 0.1) is 6.92 Å². The Hall–Kier alpha value is -3.58. The molecule has 1 saturated carbocycles. The second-order valence-electron chi connectivity index (χ2n) is 9.30. The molecule has 0 aliphatic heterocycles. The Kier molecular flexibility index (Phi) is 6.59. The van der Waals surface area contributed by atoms with Gasteiger partial charge in [-0.05, 0) is 61.9 Å². The van der Waals surface area contributed by atoms with E-state index >= 15 is 0 Å². The summed E-state index contributed by atoms with van der Waals surface area (Å²) >= 11 is 0. The van der Waals surface area contributed by atoms with Crippen LogP contribution in [0.4, 0.5) is 11.5 Å². The van der Waals surface area contributed by atoms with Gasteiger partial charge >= 0.3 is 5.69 Å². The van der Waals surface area contributed by atoms with Crippen molar-refractivity contribution in [3.8, 4) is 5.75 Å². The Morgan fingerprint density at radius 1 is 1.03 bits per heavy atom. The summed E-state index contributed by atoms with van der Waals surface area (Å²) in [6.45, 7) is 2.66. The number of nitrogens with zero attached hydrogens (tertiary/aromatic N) is 3. The molecular weight excluding hydrogens is 440 g/mol. The third-order valence-corrected chi connectivity index (χ3v) is 7.01. The molecule has 7 heteroatoms. The summed E-state index contributed by atoms with van der Waals surface area (Å²) in [5.74, 6) is 1.53. The van der Waals surface area contributed by atoms with Crippen molar-refractivity contribution in [3.05, 3.63) is 82.4 Å². The van der Waals surface area contributed by atoms with E-state index in [0.717, 1.165) is 53.7 Å².